The second-order valence-corrected chi connectivity index (χ2v) is 4.69. The van der Waals surface area contributed by atoms with Gasteiger partial charge in [0.15, 0.2) is 0 Å². The molecule has 80 valence electrons. The van der Waals surface area contributed by atoms with E-state index in [-0.39, 0.29) is 6.03 Å². The van der Waals surface area contributed by atoms with Crippen molar-refractivity contribution in [1.29, 1.82) is 0 Å². The van der Waals surface area contributed by atoms with Gasteiger partial charge in [0.2, 0.25) is 0 Å². The highest BCUT2D eigenvalue weighted by atomic mass is 16.2. The molecule has 0 aromatic heterocycles. The Morgan fingerprint density at radius 1 is 1.29 bits per heavy atom. The molecule has 1 heterocycles. The van der Waals surface area contributed by atoms with Gasteiger partial charge in [-0.15, -0.1) is 0 Å². The Morgan fingerprint density at radius 3 is 2.86 bits per heavy atom. The molecule has 2 amide bonds. The fourth-order valence-electron chi connectivity index (χ4n) is 2.61. The average molecular weight is 196 g/mol. The van der Waals surface area contributed by atoms with Gasteiger partial charge in [0.1, 0.15) is 0 Å². The van der Waals surface area contributed by atoms with Crippen LogP contribution in [0.1, 0.15) is 39.0 Å². The average Bonchev–Trinajstić information content (AvgIpc) is 2.46. The highest BCUT2D eigenvalue weighted by Gasteiger charge is 2.28. The van der Waals surface area contributed by atoms with Crippen LogP contribution in [0.5, 0.6) is 0 Å². The Bertz CT molecular complexity index is 217. The third-order valence-corrected chi connectivity index (χ3v) is 3.56. The molecule has 1 aliphatic carbocycles. The summed E-state index contributed by atoms with van der Waals surface area (Å²) in [6, 6.07) is 0.673. The van der Waals surface area contributed by atoms with Crippen LogP contribution in [0.3, 0.4) is 0 Å². The van der Waals surface area contributed by atoms with Crippen LogP contribution in [0.15, 0.2) is 0 Å². The van der Waals surface area contributed by atoms with E-state index in [0.717, 1.165) is 19.0 Å². The number of amides is 2. The van der Waals surface area contributed by atoms with Crippen LogP contribution >= 0.6 is 0 Å². The maximum atomic E-state index is 11.5. The zero-order valence-electron chi connectivity index (χ0n) is 8.96. The molecule has 0 radical (unpaired) electrons. The third kappa shape index (κ3) is 2.02. The molecule has 0 aromatic rings. The number of hydrogen-bond acceptors (Lipinski definition) is 1. The van der Waals surface area contributed by atoms with Gasteiger partial charge in [-0.25, -0.2) is 4.79 Å². The lowest BCUT2D eigenvalue weighted by Crippen LogP contribution is -2.37. The molecule has 1 aliphatic heterocycles. The molecular formula is C11H20N2O. The maximum Gasteiger partial charge on any atom is 0.317 e. The Kier molecular flexibility index (Phi) is 2.94. The molecular weight excluding hydrogens is 176 g/mol. The first-order chi connectivity index (χ1) is 6.77. The van der Waals surface area contributed by atoms with Gasteiger partial charge in [-0.3, -0.25) is 0 Å². The highest BCUT2D eigenvalue weighted by Crippen LogP contribution is 2.26. The summed E-state index contributed by atoms with van der Waals surface area (Å²) < 4.78 is 0. The van der Waals surface area contributed by atoms with Crippen molar-refractivity contribution in [3.63, 3.8) is 0 Å². The van der Waals surface area contributed by atoms with Crippen molar-refractivity contribution in [3.8, 4) is 0 Å². The van der Waals surface area contributed by atoms with Gasteiger partial charge < -0.3 is 10.2 Å². The predicted octanol–water partition coefficient (Wildman–Crippen LogP) is 1.98. The summed E-state index contributed by atoms with van der Waals surface area (Å²) in [5.74, 6) is 0.852. The van der Waals surface area contributed by atoms with Crippen LogP contribution in [0.2, 0.25) is 0 Å². The molecule has 3 heteroatoms. The molecule has 1 saturated heterocycles. The molecule has 2 unspecified atom stereocenters. The van der Waals surface area contributed by atoms with Crippen molar-refractivity contribution in [1.82, 2.24) is 10.2 Å². The smallest absolute Gasteiger partial charge is 0.317 e. The van der Waals surface area contributed by atoms with Gasteiger partial charge >= 0.3 is 6.03 Å². The summed E-state index contributed by atoms with van der Waals surface area (Å²) in [5, 5.41) is 2.89. The molecule has 1 N–H and O–H groups in total. The van der Waals surface area contributed by atoms with Crippen LogP contribution in [-0.2, 0) is 0 Å². The zero-order chi connectivity index (χ0) is 9.97. The second-order valence-electron chi connectivity index (χ2n) is 4.69. The number of carbonyl (C=O) groups excluding carboxylic acids is 1. The van der Waals surface area contributed by atoms with E-state index in [0.29, 0.717) is 6.04 Å². The molecule has 14 heavy (non-hydrogen) atoms. The summed E-state index contributed by atoms with van der Waals surface area (Å²) in [7, 11) is 0. The van der Waals surface area contributed by atoms with Crippen molar-refractivity contribution in [2.75, 3.05) is 13.1 Å². The van der Waals surface area contributed by atoms with Crippen molar-refractivity contribution < 1.29 is 4.79 Å². The van der Waals surface area contributed by atoms with Crippen LogP contribution in [0.25, 0.3) is 0 Å². The van der Waals surface area contributed by atoms with Gasteiger partial charge in [-0.05, 0) is 25.2 Å². The van der Waals surface area contributed by atoms with E-state index < -0.39 is 0 Å². The van der Waals surface area contributed by atoms with Crippen LogP contribution in [0.4, 0.5) is 4.79 Å². The van der Waals surface area contributed by atoms with Crippen molar-refractivity contribution in [2.24, 2.45) is 5.92 Å². The summed E-state index contributed by atoms with van der Waals surface area (Å²) in [6.45, 7) is 4.08. The minimum absolute atomic E-state index is 0.157. The lowest BCUT2D eigenvalue weighted by molar-refractivity contribution is 0.191. The summed E-state index contributed by atoms with van der Waals surface area (Å²) >= 11 is 0. The monoisotopic (exact) mass is 196 g/mol. The fourth-order valence-corrected chi connectivity index (χ4v) is 2.61. The lowest BCUT2D eigenvalue weighted by atomic mass is 10.0. The number of nitrogens with one attached hydrogen (secondary N) is 1. The summed E-state index contributed by atoms with van der Waals surface area (Å²) in [5.41, 5.74) is 0. The van der Waals surface area contributed by atoms with E-state index in [4.69, 9.17) is 0 Å². The molecule has 2 aliphatic rings. The van der Waals surface area contributed by atoms with E-state index in [9.17, 15) is 4.79 Å². The van der Waals surface area contributed by atoms with Gasteiger partial charge in [-0.2, -0.15) is 0 Å². The molecule has 0 bridgehead atoms. The molecule has 2 rings (SSSR count). The van der Waals surface area contributed by atoms with Crippen molar-refractivity contribution in [3.05, 3.63) is 0 Å². The summed E-state index contributed by atoms with van der Waals surface area (Å²) in [4.78, 5) is 13.5. The highest BCUT2D eigenvalue weighted by molar-refractivity contribution is 5.76. The van der Waals surface area contributed by atoms with Gasteiger partial charge in [-0.1, -0.05) is 19.8 Å². The van der Waals surface area contributed by atoms with E-state index >= 15 is 0 Å². The minimum atomic E-state index is 0.157. The standard InChI is InChI=1S/C11H20N2O/c1-9-3-2-4-10(6-5-9)13-8-7-12-11(13)14/h9-10H,2-8H2,1H3,(H,12,14). The van der Waals surface area contributed by atoms with E-state index in [1.54, 1.807) is 0 Å². The number of urea groups is 1. The Morgan fingerprint density at radius 2 is 2.14 bits per heavy atom. The van der Waals surface area contributed by atoms with Crippen LogP contribution in [-0.4, -0.2) is 30.1 Å². The first-order valence-corrected chi connectivity index (χ1v) is 5.82. The minimum Gasteiger partial charge on any atom is -0.336 e. The van der Waals surface area contributed by atoms with E-state index in [2.05, 4.69) is 12.2 Å². The van der Waals surface area contributed by atoms with Gasteiger partial charge in [0, 0.05) is 19.1 Å². The van der Waals surface area contributed by atoms with Crippen LogP contribution in [0, 0.1) is 5.92 Å². The maximum absolute atomic E-state index is 11.5. The SMILES string of the molecule is CC1CCCC(N2CCNC2=O)CC1. The Hall–Kier alpha value is -0.730. The van der Waals surface area contributed by atoms with Crippen molar-refractivity contribution in [2.45, 2.75) is 45.1 Å². The van der Waals surface area contributed by atoms with E-state index in [1.165, 1.54) is 32.1 Å². The largest absolute Gasteiger partial charge is 0.336 e. The Balaban J connectivity index is 1.93. The van der Waals surface area contributed by atoms with E-state index in [1.807, 2.05) is 4.90 Å². The number of hydrogen-bond donors (Lipinski definition) is 1. The molecule has 2 atom stereocenters. The normalized spacial score (nSPS) is 34.1. The first-order valence-electron chi connectivity index (χ1n) is 5.82. The number of rotatable bonds is 1. The van der Waals surface area contributed by atoms with Gasteiger partial charge in [0.25, 0.3) is 0 Å². The first kappa shape index (κ1) is 9.81. The van der Waals surface area contributed by atoms with Crippen LogP contribution < -0.4 is 5.32 Å². The number of carbonyl (C=O) groups is 1. The fraction of sp³-hybridized carbons (Fsp3) is 0.909. The molecule has 3 nitrogen and oxygen atoms in total. The lowest BCUT2D eigenvalue weighted by Gasteiger charge is -2.25. The Labute approximate surface area is 85.8 Å². The predicted molar refractivity (Wildman–Crippen MR) is 56.1 cm³/mol. The molecule has 0 aromatic carbocycles. The quantitative estimate of drug-likeness (QED) is 0.639. The third-order valence-electron chi connectivity index (χ3n) is 3.56. The van der Waals surface area contributed by atoms with Crippen molar-refractivity contribution >= 4 is 6.03 Å². The summed E-state index contributed by atoms with van der Waals surface area (Å²) in [6.07, 6.45) is 6.32. The number of nitrogens with zero attached hydrogens (tertiary/aromatic N) is 1. The topological polar surface area (TPSA) is 32.3 Å². The molecule has 2 fully saturated rings. The second kappa shape index (κ2) is 4.20. The molecule has 1 saturated carbocycles. The van der Waals surface area contributed by atoms with Gasteiger partial charge in [0.05, 0.1) is 0 Å². The molecule has 0 spiro atoms. The zero-order valence-corrected chi connectivity index (χ0v) is 8.96.